The lowest BCUT2D eigenvalue weighted by Gasteiger charge is -2.50. The zero-order valence-electron chi connectivity index (χ0n) is 20.9. The van der Waals surface area contributed by atoms with Gasteiger partial charge in [0.05, 0.1) is 32.0 Å². The van der Waals surface area contributed by atoms with Crippen LogP contribution in [0.3, 0.4) is 0 Å². The first-order valence-electron chi connectivity index (χ1n) is 12.3. The molecule has 0 radical (unpaired) electrons. The molecule has 0 spiro atoms. The van der Waals surface area contributed by atoms with E-state index >= 15 is 0 Å². The summed E-state index contributed by atoms with van der Waals surface area (Å²) in [4.78, 5) is 12.4. The molecule has 40 heavy (non-hydrogen) atoms. The Morgan fingerprint density at radius 1 is 0.900 bits per heavy atom. The molecule has 0 bridgehead atoms. The molecule has 0 aromatic rings. The molecule has 0 saturated carbocycles. The van der Waals surface area contributed by atoms with Crippen molar-refractivity contribution in [2.45, 2.75) is 104 Å². The van der Waals surface area contributed by atoms with Gasteiger partial charge in [0, 0.05) is 6.42 Å². The van der Waals surface area contributed by atoms with Crippen molar-refractivity contribution in [3.05, 3.63) is 0 Å². The van der Waals surface area contributed by atoms with E-state index in [0.29, 0.717) is 0 Å². The van der Waals surface area contributed by atoms with Gasteiger partial charge in [-0.25, -0.2) is 4.79 Å². The van der Waals surface area contributed by atoms with E-state index < -0.39 is 130 Å². The summed E-state index contributed by atoms with van der Waals surface area (Å²) < 4.78 is 26.6. The van der Waals surface area contributed by atoms with E-state index in [2.05, 4.69) is 0 Å². The molecule has 3 saturated heterocycles. The predicted molar refractivity (Wildman–Crippen MR) is 120 cm³/mol. The molecule has 3 heterocycles. The average molecular weight is 592 g/mol. The SMILES string of the molecule is N[C@H]1[C@H]([C@H](O)[C@H](O)CO)O[C@@](O[C@H]2[C@@H](O)[C@@H](CO)O[C@@H](O[C@H]3[C@H](O)[C@@H](O)C(O)O[C@@H]3CO)[C@@H]2O)(C(=O)O)C[C@@H]1O. The van der Waals surface area contributed by atoms with E-state index in [1.165, 1.54) is 0 Å². The van der Waals surface area contributed by atoms with Crippen LogP contribution in [0, 0.1) is 0 Å². The van der Waals surface area contributed by atoms with E-state index in [1.807, 2.05) is 0 Å². The Kier molecular flexibility index (Phi) is 11.2. The van der Waals surface area contributed by atoms with Crippen LogP contribution in [0.4, 0.5) is 0 Å². The number of nitrogens with two attached hydrogens (primary N) is 1. The maximum atomic E-state index is 12.4. The molecule has 0 aromatic heterocycles. The van der Waals surface area contributed by atoms with Crippen LogP contribution in [-0.2, 0) is 28.5 Å². The molecule has 1 unspecified atom stereocenters. The zero-order valence-corrected chi connectivity index (χ0v) is 20.9. The Bertz CT molecular complexity index is 837. The minimum Gasteiger partial charge on any atom is -0.477 e. The molecular weight excluding hydrogens is 554 g/mol. The van der Waals surface area contributed by atoms with Gasteiger partial charge < -0.3 is 90.7 Å². The van der Waals surface area contributed by atoms with Crippen molar-refractivity contribution < 1.29 is 89.8 Å². The maximum Gasteiger partial charge on any atom is 0.364 e. The van der Waals surface area contributed by atoms with E-state index in [-0.39, 0.29) is 0 Å². The Hall–Kier alpha value is -1.21. The van der Waals surface area contributed by atoms with Gasteiger partial charge in [-0.3, -0.25) is 0 Å². The number of aliphatic hydroxyl groups excluding tert-OH is 11. The van der Waals surface area contributed by atoms with Crippen LogP contribution < -0.4 is 5.73 Å². The van der Waals surface area contributed by atoms with Crippen molar-refractivity contribution in [3.63, 3.8) is 0 Å². The topological polar surface area (TPSA) is 332 Å². The molecule has 19 heteroatoms. The van der Waals surface area contributed by atoms with Crippen molar-refractivity contribution in [3.8, 4) is 0 Å². The van der Waals surface area contributed by atoms with Gasteiger partial charge in [-0.2, -0.15) is 0 Å². The van der Waals surface area contributed by atoms with Gasteiger partial charge in [-0.15, -0.1) is 0 Å². The normalized spacial score (nSPS) is 48.0. The summed E-state index contributed by atoms with van der Waals surface area (Å²) in [6.07, 6.45) is -27.0. The predicted octanol–water partition coefficient (Wildman–Crippen LogP) is -8.40. The molecule has 0 aromatic carbocycles. The van der Waals surface area contributed by atoms with Crippen LogP contribution in [0.15, 0.2) is 0 Å². The minimum absolute atomic E-state index is 0.849. The molecule has 3 aliphatic rings. The Balaban J connectivity index is 1.90. The van der Waals surface area contributed by atoms with Gasteiger partial charge in [0.15, 0.2) is 12.6 Å². The van der Waals surface area contributed by atoms with Crippen LogP contribution in [0.25, 0.3) is 0 Å². The fourth-order valence-corrected chi connectivity index (χ4v) is 4.78. The first-order valence-corrected chi connectivity index (χ1v) is 12.3. The zero-order chi connectivity index (χ0) is 30.1. The molecule has 3 fully saturated rings. The first kappa shape index (κ1) is 33.3. The second-order valence-electron chi connectivity index (χ2n) is 9.85. The highest BCUT2D eigenvalue weighted by Gasteiger charge is 2.59. The number of carboxylic acid groups (broad SMARTS) is 1. The van der Waals surface area contributed by atoms with Gasteiger partial charge in [0.1, 0.15) is 67.1 Å². The van der Waals surface area contributed by atoms with Crippen molar-refractivity contribution in [2.24, 2.45) is 5.73 Å². The number of aliphatic carboxylic acids is 1. The molecule has 3 aliphatic heterocycles. The van der Waals surface area contributed by atoms with E-state index in [0.717, 1.165) is 0 Å². The van der Waals surface area contributed by atoms with Gasteiger partial charge >= 0.3 is 5.97 Å². The van der Waals surface area contributed by atoms with Gasteiger partial charge in [-0.1, -0.05) is 0 Å². The Labute approximate surface area is 226 Å². The van der Waals surface area contributed by atoms with Gasteiger partial charge in [0.2, 0.25) is 0 Å². The van der Waals surface area contributed by atoms with E-state index in [9.17, 15) is 61.0 Å². The van der Waals surface area contributed by atoms with Crippen LogP contribution in [0.2, 0.25) is 0 Å². The summed E-state index contributed by atoms with van der Waals surface area (Å²) in [5, 5.41) is 121. The molecule has 0 amide bonds. The maximum absolute atomic E-state index is 12.4. The number of hydrogen-bond acceptors (Lipinski definition) is 18. The first-order chi connectivity index (χ1) is 18.7. The summed E-state index contributed by atoms with van der Waals surface area (Å²) in [5.74, 6) is -4.86. The quantitative estimate of drug-likeness (QED) is 0.112. The summed E-state index contributed by atoms with van der Waals surface area (Å²) in [6, 6.07) is -1.48. The summed E-state index contributed by atoms with van der Waals surface area (Å²) in [7, 11) is 0. The number of aliphatic hydroxyl groups is 11. The lowest BCUT2D eigenvalue weighted by atomic mass is 9.88. The van der Waals surface area contributed by atoms with Gasteiger partial charge in [-0.05, 0) is 0 Å². The monoisotopic (exact) mass is 591 g/mol. The van der Waals surface area contributed by atoms with Crippen LogP contribution in [0.5, 0.6) is 0 Å². The highest BCUT2D eigenvalue weighted by molar-refractivity contribution is 5.76. The Morgan fingerprint density at radius 3 is 2.08 bits per heavy atom. The minimum atomic E-state index is -2.94. The average Bonchev–Trinajstić information content (AvgIpc) is 2.93. The summed E-state index contributed by atoms with van der Waals surface area (Å²) in [6.45, 7) is -2.78. The van der Waals surface area contributed by atoms with Crippen molar-refractivity contribution in [1.29, 1.82) is 0 Å². The van der Waals surface area contributed by atoms with Crippen molar-refractivity contribution in [1.82, 2.24) is 0 Å². The lowest BCUT2D eigenvalue weighted by Crippen LogP contribution is -2.70. The smallest absolute Gasteiger partial charge is 0.364 e. The number of ether oxygens (including phenoxy) is 5. The highest BCUT2D eigenvalue weighted by atomic mass is 16.8. The second kappa shape index (κ2) is 13.4. The highest BCUT2D eigenvalue weighted by Crippen LogP contribution is 2.37. The standard InChI is InChI=1S/C21H37NO18/c22-9-5(26)1-21(20(34)35,39-16(9)10(28)6(27)2-23)40-17-11(29)7(3-24)37-19(14(17)32)38-15-8(4-25)36-18(33)13(31)12(15)30/h5-19,23-33H,1-4,22H2,(H,34,35)/t5-,6+,7+,8+,9+,10+,11-,12+,13+,14+,15+,16+,17-,18?,19-,21-/m0/s1. The van der Waals surface area contributed by atoms with Crippen LogP contribution in [0.1, 0.15) is 6.42 Å². The number of hydrogen-bond donors (Lipinski definition) is 13. The van der Waals surface area contributed by atoms with Crippen LogP contribution in [-0.4, -0.2) is 185 Å². The number of rotatable bonds is 10. The molecule has 14 N–H and O–H groups in total. The Morgan fingerprint density at radius 2 is 1.52 bits per heavy atom. The molecule has 3 rings (SSSR count). The van der Waals surface area contributed by atoms with Crippen LogP contribution >= 0.6 is 0 Å². The lowest BCUT2D eigenvalue weighted by molar-refractivity contribution is -0.384. The third kappa shape index (κ3) is 6.40. The van der Waals surface area contributed by atoms with Gasteiger partial charge in [0.25, 0.3) is 5.79 Å². The van der Waals surface area contributed by atoms with E-state index in [1.54, 1.807) is 0 Å². The molecule has 16 atom stereocenters. The molecule has 19 nitrogen and oxygen atoms in total. The van der Waals surface area contributed by atoms with Crippen molar-refractivity contribution >= 4 is 5.97 Å². The fourth-order valence-electron chi connectivity index (χ4n) is 4.78. The number of carboxylic acids is 1. The molecule has 0 aliphatic carbocycles. The largest absolute Gasteiger partial charge is 0.477 e. The fraction of sp³-hybridized carbons (Fsp3) is 0.952. The third-order valence-electron chi connectivity index (χ3n) is 7.15. The second-order valence-corrected chi connectivity index (χ2v) is 9.85. The van der Waals surface area contributed by atoms with E-state index in [4.69, 9.17) is 34.5 Å². The summed E-state index contributed by atoms with van der Waals surface area (Å²) in [5.41, 5.74) is 5.81. The van der Waals surface area contributed by atoms with Crippen molar-refractivity contribution in [2.75, 3.05) is 19.8 Å². The number of carbonyl (C=O) groups is 1. The summed E-state index contributed by atoms with van der Waals surface area (Å²) >= 11 is 0. The third-order valence-corrected chi connectivity index (χ3v) is 7.15. The molecular formula is C21H37NO18. The molecule has 234 valence electrons.